The van der Waals surface area contributed by atoms with Gasteiger partial charge < -0.3 is 23.7 Å². The van der Waals surface area contributed by atoms with E-state index >= 15 is 0 Å². The number of hydrogen-bond donors (Lipinski definition) is 0. The third-order valence-electron chi connectivity index (χ3n) is 4.15. The lowest BCUT2D eigenvalue weighted by Crippen LogP contribution is -2.39. The molecule has 2 heterocycles. The molecule has 2 aromatic rings. The molecule has 0 amide bonds. The van der Waals surface area contributed by atoms with Gasteiger partial charge in [0.25, 0.3) is 0 Å². The minimum absolute atomic E-state index is 0.00633. The van der Waals surface area contributed by atoms with E-state index in [0.29, 0.717) is 17.2 Å². The van der Waals surface area contributed by atoms with Crippen LogP contribution >= 0.6 is 0 Å². The molecule has 0 bridgehead atoms. The molecule has 0 aliphatic carbocycles. The van der Waals surface area contributed by atoms with Crippen molar-refractivity contribution in [1.82, 2.24) is 9.55 Å². The van der Waals surface area contributed by atoms with Gasteiger partial charge in [-0.25, -0.2) is 19.0 Å². The molecule has 1 aliphatic heterocycles. The van der Waals surface area contributed by atoms with Crippen LogP contribution in [0.4, 0.5) is 10.1 Å². The smallest absolute Gasteiger partial charge is 0.355 e. The number of benzene rings is 1. The number of ether oxygens (including phenoxy) is 3. The number of anilines is 1. The Kier molecular flexibility index (Phi) is 5.22. The standard InChI is InChI=1S/C18H18FN3O5/c1-11-20-6-7-21(11)14-5-4-12(19)8-15(14)22-10-27-9-13(17(23)25-2)16(22)18(24)26-3/h4-8H,9-10H2,1-3H3. The van der Waals surface area contributed by atoms with Crippen LogP contribution in [0.1, 0.15) is 5.82 Å². The maximum atomic E-state index is 14.1. The van der Waals surface area contributed by atoms with Gasteiger partial charge in [-0.15, -0.1) is 0 Å². The molecule has 27 heavy (non-hydrogen) atoms. The predicted molar refractivity (Wildman–Crippen MR) is 92.6 cm³/mol. The average molecular weight is 375 g/mol. The Morgan fingerprint density at radius 2 is 1.93 bits per heavy atom. The van der Waals surface area contributed by atoms with Crippen molar-refractivity contribution < 1.29 is 28.2 Å². The fourth-order valence-electron chi connectivity index (χ4n) is 2.88. The molecule has 0 spiro atoms. The number of aryl methyl sites for hydroxylation is 1. The second kappa shape index (κ2) is 7.58. The van der Waals surface area contributed by atoms with Crippen LogP contribution in [-0.4, -0.2) is 49.0 Å². The minimum Gasteiger partial charge on any atom is -0.466 e. The second-order valence-corrected chi connectivity index (χ2v) is 5.69. The van der Waals surface area contributed by atoms with E-state index in [1.807, 2.05) is 0 Å². The third kappa shape index (κ3) is 3.41. The van der Waals surface area contributed by atoms with Crippen LogP contribution in [-0.2, 0) is 23.8 Å². The van der Waals surface area contributed by atoms with Crippen LogP contribution in [0.5, 0.6) is 0 Å². The van der Waals surface area contributed by atoms with Crippen molar-refractivity contribution >= 4 is 17.6 Å². The van der Waals surface area contributed by atoms with Gasteiger partial charge in [0, 0.05) is 12.4 Å². The Bertz CT molecular complexity index is 921. The number of rotatable bonds is 4. The summed E-state index contributed by atoms with van der Waals surface area (Å²) < 4.78 is 30.8. The molecule has 0 saturated heterocycles. The van der Waals surface area contributed by atoms with E-state index in [9.17, 15) is 14.0 Å². The van der Waals surface area contributed by atoms with E-state index in [1.54, 1.807) is 30.0 Å². The lowest BCUT2D eigenvalue weighted by atomic mass is 10.1. The van der Waals surface area contributed by atoms with E-state index in [-0.39, 0.29) is 24.6 Å². The number of methoxy groups -OCH3 is 2. The summed E-state index contributed by atoms with van der Waals surface area (Å²) in [4.78, 5) is 30.1. The van der Waals surface area contributed by atoms with Gasteiger partial charge in [0.2, 0.25) is 0 Å². The molecule has 142 valence electrons. The van der Waals surface area contributed by atoms with E-state index in [4.69, 9.17) is 14.2 Å². The first-order valence-corrected chi connectivity index (χ1v) is 8.02. The van der Waals surface area contributed by atoms with E-state index < -0.39 is 17.8 Å². The molecule has 9 heteroatoms. The summed E-state index contributed by atoms with van der Waals surface area (Å²) in [5.41, 5.74) is 0.813. The number of aromatic nitrogens is 2. The van der Waals surface area contributed by atoms with Crippen molar-refractivity contribution in [2.24, 2.45) is 0 Å². The Hall–Kier alpha value is -3.20. The first-order chi connectivity index (χ1) is 13.0. The topological polar surface area (TPSA) is 82.9 Å². The minimum atomic E-state index is -0.753. The lowest BCUT2D eigenvalue weighted by molar-refractivity contribution is -0.140. The van der Waals surface area contributed by atoms with Gasteiger partial charge in [0.15, 0.2) is 0 Å². The Morgan fingerprint density at radius 3 is 2.56 bits per heavy atom. The molecule has 0 unspecified atom stereocenters. The summed E-state index contributed by atoms with van der Waals surface area (Å²) in [7, 11) is 2.40. The number of esters is 2. The third-order valence-corrected chi connectivity index (χ3v) is 4.15. The molecule has 1 aromatic heterocycles. The highest BCUT2D eigenvalue weighted by Crippen LogP contribution is 2.32. The summed E-state index contributed by atoms with van der Waals surface area (Å²) in [6.45, 7) is 1.59. The van der Waals surface area contributed by atoms with Crippen molar-refractivity contribution in [2.45, 2.75) is 6.92 Å². The highest BCUT2D eigenvalue weighted by Gasteiger charge is 2.33. The highest BCUT2D eigenvalue weighted by atomic mass is 19.1. The van der Waals surface area contributed by atoms with Gasteiger partial charge >= 0.3 is 11.9 Å². The zero-order valence-corrected chi connectivity index (χ0v) is 15.1. The molecule has 0 saturated carbocycles. The molecule has 0 atom stereocenters. The molecule has 0 radical (unpaired) electrons. The normalized spacial score (nSPS) is 14.3. The van der Waals surface area contributed by atoms with Gasteiger partial charge in [0.1, 0.15) is 24.1 Å². The monoisotopic (exact) mass is 375 g/mol. The van der Waals surface area contributed by atoms with Crippen LogP contribution in [0.25, 0.3) is 5.69 Å². The zero-order chi connectivity index (χ0) is 19.6. The summed E-state index contributed by atoms with van der Waals surface area (Å²) in [5, 5.41) is 0. The maximum Gasteiger partial charge on any atom is 0.355 e. The largest absolute Gasteiger partial charge is 0.466 e. The average Bonchev–Trinajstić information content (AvgIpc) is 3.11. The SMILES string of the molecule is COC(=O)C1=C(C(=O)OC)N(c2cc(F)ccc2-n2ccnc2C)COC1. The Labute approximate surface area is 154 Å². The van der Waals surface area contributed by atoms with Gasteiger partial charge in [-0.1, -0.05) is 0 Å². The van der Waals surface area contributed by atoms with Crippen LogP contribution in [0.3, 0.4) is 0 Å². The highest BCUT2D eigenvalue weighted by molar-refractivity contribution is 6.03. The fraction of sp³-hybridized carbons (Fsp3) is 0.278. The second-order valence-electron chi connectivity index (χ2n) is 5.69. The Balaban J connectivity index is 2.22. The molecular formula is C18H18FN3O5. The number of carbonyl (C=O) groups is 2. The number of hydrogen-bond acceptors (Lipinski definition) is 7. The van der Waals surface area contributed by atoms with Crippen LogP contribution in [0.15, 0.2) is 41.9 Å². The number of imidazole rings is 1. The van der Waals surface area contributed by atoms with Crippen LogP contribution < -0.4 is 4.90 Å². The fourth-order valence-corrected chi connectivity index (χ4v) is 2.88. The molecule has 8 nitrogen and oxygen atoms in total. The summed E-state index contributed by atoms with van der Waals surface area (Å²) >= 11 is 0. The van der Waals surface area contributed by atoms with Gasteiger partial charge in [-0.2, -0.15) is 0 Å². The molecular weight excluding hydrogens is 357 g/mol. The van der Waals surface area contributed by atoms with E-state index in [0.717, 1.165) is 0 Å². The lowest BCUT2D eigenvalue weighted by Gasteiger charge is -2.32. The predicted octanol–water partition coefficient (Wildman–Crippen LogP) is 1.71. The van der Waals surface area contributed by atoms with Crippen molar-refractivity contribution in [2.75, 3.05) is 32.5 Å². The summed E-state index contributed by atoms with van der Waals surface area (Å²) in [6.07, 6.45) is 3.31. The van der Waals surface area contributed by atoms with Crippen molar-refractivity contribution in [3.8, 4) is 5.69 Å². The van der Waals surface area contributed by atoms with E-state index in [1.165, 1.54) is 31.3 Å². The van der Waals surface area contributed by atoms with Crippen molar-refractivity contribution in [3.63, 3.8) is 0 Å². The van der Waals surface area contributed by atoms with Crippen LogP contribution in [0.2, 0.25) is 0 Å². The van der Waals surface area contributed by atoms with E-state index in [2.05, 4.69) is 4.98 Å². The number of carbonyl (C=O) groups excluding carboxylic acids is 2. The molecule has 0 fully saturated rings. The maximum absolute atomic E-state index is 14.1. The number of nitrogens with zero attached hydrogens (tertiary/aromatic N) is 3. The summed E-state index contributed by atoms with van der Waals surface area (Å²) in [5.74, 6) is -1.33. The molecule has 1 aliphatic rings. The number of halogens is 1. The van der Waals surface area contributed by atoms with Gasteiger partial charge in [-0.05, 0) is 25.1 Å². The first kappa shape index (κ1) is 18.6. The quantitative estimate of drug-likeness (QED) is 0.753. The van der Waals surface area contributed by atoms with Crippen LogP contribution in [0, 0.1) is 12.7 Å². The zero-order valence-electron chi connectivity index (χ0n) is 15.1. The first-order valence-electron chi connectivity index (χ1n) is 8.02. The summed E-state index contributed by atoms with van der Waals surface area (Å²) in [6, 6.07) is 4.10. The molecule has 3 rings (SSSR count). The Morgan fingerprint density at radius 1 is 1.19 bits per heavy atom. The molecule has 1 aromatic carbocycles. The van der Waals surface area contributed by atoms with Gasteiger partial charge in [0.05, 0.1) is 37.8 Å². The molecule has 0 N–H and O–H groups in total. The van der Waals surface area contributed by atoms with Gasteiger partial charge in [-0.3, -0.25) is 0 Å². The van der Waals surface area contributed by atoms with Crippen molar-refractivity contribution in [3.05, 3.63) is 53.5 Å². The van der Waals surface area contributed by atoms with Crippen molar-refractivity contribution in [1.29, 1.82) is 0 Å².